The van der Waals surface area contributed by atoms with E-state index in [9.17, 15) is 0 Å². The molecule has 2 bridgehead atoms. The van der Waals surface area contributed by atoms with Crippen molar-refractivity contribution in [3.63, 3.8) is 0 Å². The number of fused-ring (bicyclic) bond motifs is 2. The summed E-state index contributed by atoms with van der Waals surface area (Å²) in [5.74, 6) is 2.65. The van der Waals surface area contributed by atoms with Crippen molar-refractivity contribution < 1.29 is 4.74 Å². The van der Waals surface area contributed by atoms with Gasteiger partial charge in [0.1, 0.15) is 0 Å². The van der Waals surface area contributed by atoms with Crippen LogP contribution >= 0.6 is 0 Å². The molecule has 1 heteroatoms. The molecule has 4 atom stereocenters. The Morgan fingerprint density at radius 2 is 1.75 bits per heavy atom. The molecule has 16 heavy (non-hydrogen) atoms. The summed E-state index contributed by atoms with van der Waals surface area (Å²) < 4.78 is 6.41. The zero-order valence-corrected chi connectivity index (χ0v) is 11.0. The molecule has 3 saturated carbocycles. The lowest BCUT2D eigenvalue weighted by Gasteiger charge is -2.32. The third kappa shape index (κ3) is 1.54. The summed E-state index contributed by atoms with van der Waals surface area (Å²) in [4.78, 5) is 0. The Balaban J connectivity index is 1.69. The van der Waals surface area contributed by atoms with E-state index in [4.69, 9.17) is 4.74 Å². The number of hydrogen-bond donors (Lipinski definition) is 0. The van der Waals surface area contributed by atoms with E-state index in [1.807, 2.05) is 0 Å². The van der Waals surface area contributed by atoms with Crippen LogP contribution in [0.15, 0.2) is 0 Å². The summed E-state index contributed by atoms with van der Waals surface area (Å²) in [6.45, 7) is 7.39. The van der Waals surface area contributed by atoms with Crippen molar-refractivity contribution in [3.05, 3.63) is 0 Å². The maximum absolute atomic E-state index is 6.41. The van der Waals surface area contributed by atoms with Crippen molar-refractivity contribution in [1.29, 1.82) is 0 Å². The van der Waals surface area contributed by atoms with E-state index in [1.165, 1.54) is 38.5 Å². The molecule has 0 heterocycles. The topological polar surface area (TPSA) is 9.23 Å². The molecule has 3 fully saturated rings. The Morgan fingerprint density at radius 3 is 2.31 bits per heavy atom. The van der Waals surface area contributed by atoms with Gasteiger partial charge in [-0.05, 0) is 48.9 Å². The van der Waals surface area contributed by atoms with E-state index < -0.39 is 0 Å². The maximum atomic E-state index is 6.41. The van der Waals surface area contributed by atoms with Crippen LogP contribution in [0.2, 0.25) is 0 Å². The summed E-state index contributed by atoms with van der Waals surface area (Å²) in [5, 5.41) is 0. The summed E-state index contributed by atoms with van der Waals surface area (Å²) in [6.07, 6.45) is 9.42. The molecule has 3 rings (SSSR count). The van der Waals surface area contributed by atoms with Gasteiger partial charge >= 0.3 is 0 Å². The van der Waals surface area contributed by atoms with Crippen molar-refractivity contribution in [2.75, 3.05) is 0 Å². The van der Waals surface area contributed by atoms with Gasteiger partial charge in [-0.3, -0.25) is 0 Å². The number of ether oxygens (including phenoxy) is 1. The summed E-state index contributed by atoms with van der Waals surface area (Å²) in [6, 6.07) is 0. The second-order valence-electron chi connectivity index (χ2n) is 7.07. The molecule has 0 aromatic heterocycles. The first-order chi connectivity index (χ1) is 7.59. The standard InChI is InChI=1S/C15H26O/c1-10-8-11-9-13(14(10)15(11,2)3)16-12-6-4-5-7-12/h10-14H,4-9H2,1-3H3. The molecule has 0 amide bonds. The van der Waals surface area contributed by atoms with Gasteiger partial charge in [0.05, 0.1) is 12.2 Å². The van der Waals surface area contributed by atoms with Crippen LogP contribution in [0.5, 0.6) is 0 Å². The fourth-order valence-electron chi connectivity index (χ4n) is 4.99. The lowest BCUT2D eigenvalue weighted by Crippen LogP contribution is -2.32. The highest BCUT2D eigenvalue weighted by atomic mass is 16.5. The van der Waals surface area contributed by atoms with Gasteiger partial charge in [-0.2, -0.15) is 0 Å². The lowest BCUT2D eigenvalue weighted by atomic mass is 9.79. The van der Waals surface area contributed by atoms with Crippen LogP contribution in [0.3, 0.4) is 0 Å². The molecule has 92 valence electrons. The van der Waals surface area contributed by atoms with Crippen molar-refractivity contribution in [1.82, 2.24) is 0 Å². The largest absolute Gasteiger partial charge is 0.375 e. The molecule has 0 aromatic rings. The molecule has 3 aliphatic rings. The highest BCUT2D eigenvalue weighted by Gasteiger charge is 2.57. The van der Waals surface area contributed by atoms with Gasteiger partial charge < -0.3 is 4.74 Å². The van der Waals surface area contributed by atoms with E-state index in [1.54, 1.807) is 0 Å². The van der Waals surface area contributed by atoms with Crippen molar-refractivity contribution in [2.24, 2.45) is 23.2 Å². The SMILES string of the molecule is CC1CC2CC(OC3CCCC3)C1C2(C)C. The van der Waals surface area contributed by atoms with E-state index in [0.717, 1.165) is 17.8 Å². The Bertz CT molecular complexity index is 265. The summed E-state index contributed by atoms with van der Waals surface area (Å²) in [5.41, 5.74) is 0.544. The van der Waals surface area contributed by atoms with Crippen LogP contribution in [-0.2, 0) is 4.74 Å². The fourth-order valence-corrected chi connectivity index (χ4v) is 4.99. The van der Waals surface area contributed by atoms with E-state index >= 15 is 0 Å². The smallest absolute Gasteiger partial charge is 0.0617 e. The Morgan fingerprint density at radius 1 is 1.06 bits per heavy atom. The first-order valence-electron chi connectivity index (χ1n) is 7.24. The van der Waals surface area contributed by atoms with Crippen molar-refractivity contribution in [3.8, 4) is 0 Å². The van der Waals surface area contributed by atoms with E-state index in [-0.39, 0.29) is 0 Å². The Kier molecular flexibility index (Phi) is 2.58. The van der Waals surface area contributed by atoms with Crippen LogP contribution in [0.25, 0.3) is 0 Å². The molecule has 0 N–H and O–H groups in total. The minimum Gasteiger partial charge on any atom is -0.375 e. The first-order valence-corrected chi connectivity index (χ1v) is 7.24. The van der Waals surface area contributed by atoms with Gasteiger partial charge in [0.2, 0.25) is 0 Å². The molecule has 0 spiro atoms. The van der Waals surface area contributed by atoms with Gasteiger partial charge in [0.15, 0.2) is 0 Å². The second kappa shape index (κ2) is 3.73. The molecule has 0 radical (unpaired) electrons. The number of rotatable bonds is 2. The van der Waals surface area contributed by atoms with Gasteiger partial charge in [0.25, 0.3) is 0 Å². The van der Waals surface area contributed by atoms with Gasteiger partial charge in [-0.25, -0.2) is 0 Å². The quantitative estimate of drug-likeness (QED) is 0.686. The predicted octanol–water partition coefficient (Wildman–Crippen LogP) is 4.02. The highest BCUT2D eigenvalue weighted by molar-refractivity contribution is 5.06. The van der Waals surface area contributed by atoms with E-state index in [0.29, 0.717) is 17.6 Å². The number of hydrogen-bond acceptors (Lipinski definition) is 1. The minimum absolute atomic E-state index is 0.544. The molecule has 4 unspecified atom stereocenters. The summed E-state index contributed by atoms with van der Waals surface area (Å²) in [7, 11) is 0. The second-order valence-corrected chi connectivity index (χ2v) is 7.07. The zero-order chi connectivity index (χ0) is 11.3. The van der Waals surface area contributed by atoms with Crippen LogP contribution in [0, 0.1) is 23.2 Å². The minimum atomic E-state index is 0.544. The third-order valence-corrected chi connectivity index (χ3v) is 5.77. The molecule has 0 saturated heterocycles. The molecular formula is C15H26O. The summed E-state index contributed by atoms with van der Waals surface area (Å²) >= 11 is 0. The van der Waals surface area contributed by atoms with E-state index in [2.05, 4.69) is 20.8 Å². The maximum Gasteiger partial charge on any atom is 0.0617 e. The lowest BCUT2D eigenvalue weighted by molar-refractivity contribution is -0.0545. The van der Waals surface area contributed by atoms with Gasteiger partial charge in [-0.15, -0.1) is 0 Å². The van der Waals surface area contributed by atoms with Crippen LogP contribution in [-0.4, -0.2) is 12.2 Å². The van der Waals surface area contributed by atoms with Crippen molar-refractivity contribution >= 4 is 0 Å². The zero-order valence-electron chi connectivity index (χ0n) is 11.0. The molecular weight excluding hydrogens is 196 g/mol. The van der Waals surface area contributed by atoms with Crippen LogP contribution < -0.4 is 0 Å². The first kappa shape index (κ1) is 11.1. The molecule has 1 nitrogen and oxygen atoms in total. The molecule has 0 aromatic carbocycles. The average molecular weight is 222 g/mol. The van der Waals surface area contributed by atoms with Crippen molar-refractivity contribution in [2.45, 2.75) is 71.5 Å². The normalized spacial score (nSPS) is 46.7. The molecule has 3 aliphatic carbocycles. The predicted molar refractivity (Wildman–Crippen MR) is 66.3 cm³/mol. The fraction of sp³-hybridized carbons (Fsp3) is 1.00. The Labute approximate surface area is 99.9 Å². The van der Waals surface area contributed by atoms with Gasteiger partial charge in [-0.1, -0.05) is 33.6 Å². The van der Waals surface area contributed by atoms with Gasteiger partial charge in [0, 0.05) is 0 Å². The third-order valence-electron chi connectivity index (χ3n) is 5.77. The monoisotopic (exact) mass is 222 g/mol. The van der Waals surface area contributed by atoms with Crippen LogP contribution in [0.1, 0.15) is 59.3 Å². The average Bonchev–Trinajstić information content (AvgIpc) is 2.81. The Hall–Kier alpha value is -0.0400. The highest BCUT2D eigenvalue weighted by Crippen LogP contribution is 2.61. The van der Waals surface area contributed by atoms with Crippen LogP contribution in [0.4, 0.5) is 0 Å². The molecule has 0 aliphatic heterocycles.